The molecule has 2 heterocycles. The minimum absolute atomic E-state index is 0.303. The topological polar surface area (TPSA) is 51.5 Å². The molecule has 0 amide bonds. The molecule has 28 heavy (non-hydrogen) atoms. The fourth-order valence-corrected chi connectivity index (χ4v) is 5.31. The van der Waals surface area contributed by atoms with Crippen LogP contribution < -0.4 is 0 Å². The van der Waals surface area contributed by atoms with Crippen LogP contribution in [0.3, 0.4) is 0 Å². The molecular weight excluding hydrogens is 396 g/mol. The van der Waals surface area contributed by atoms with Gasteiger partial charge in [0.25, 0.3) is 0 Å². The molecule has 1 aliphatic rings. The van der Waals surface area contributed by atoms with Gasteiger partial charge in [-0.3, -0.25) is 4.90 Å². The molecule has 0 bridgehead atoms. The van der Waals surface area contributed by atoms with Gasteiger partial charge in [0, 0.05) is 42.8 Å². The number of aromatic nitrogens is 1. The second-order valence-electron chi connectivity index (χ2n) is 6.97. The van der Waals surface area contributed by atoms with Crippen molar-refractivity contribution in [2.45, 2.75) is 22.8 Å². The lowest BCUT2D eigenvalue weighted by molar-refractivity contribution is 0.0369. The zero-order valence-electron chi connectivity index (χ0n) is 15.6. The van der Waals surface area contributed by atoms with Gasteiger partial charge in [-0.2, -0.15) is 0 Å². The molecule has 148 valence electrons. The molecule has 1 saturated heterocycles. The van der Waals surface area contributed by atoms with E-state index in [2.05, 4.69) is 4.90 Å². The Kier molecular flexibility index (Phi) is 5.73. The number of hydrogen-bond acceptors (Lipinski definition) is 4. The smallest absolute Gasteiger partial charge is 0.208 e. The van der Waals surface area contributed by atoms with Crippen LogP contribution in [0, 0.1) is 0 Å². The number of morpholine rings is 1. The van der Waals surface area contributed by atoms with Crippen molar-refractivity contribution >= 4 is 32.3 Å². The molecule has 0 radical (unpaired) electrons. The molecular formula is C21H23ClN2O3S. The molecule has 0 saturated carbocycles. The quantitative estimate of drug-likeness (QED) is 0.610. The Bertz CT molecular complexity index is 1060. The fraction of sp³-hybridized carbons (Fsp3) is 0.333. The Morgan fingerprint density at radius 3 is 2.50 bits per heavy atom. The largest absolute Gasteiger partial charge is 0.379 e. The summed E-state index contributed by atoms with van der Waals surface area (Å²) in [6, 6.07) is 13.9. The van der Waals surface area contributed by atoms with Crippen molar-refractivity contribution in [3.63, 3.8) is 0 Å². The first-order valence-corrected chi connectivity index (χ1v) is 11.3. The Morgan fingerprint density at radius 1 is 1.00 bits per heavy atom. The van der Waals surface area contributed by atoms with E-state index in [4.69, 9.17) is 16.3 Å². The van der Waals surface area contributed by atoms with Gasteiger partial charge in [-0.25, -0.2) is 8.42 Å². The van der Waals surface area contributed by atoms with Crippen LogP contribution in [-0.4, -0.2) is 50.7 Å². The first-order chi connectivity index (χ1) is 13.6. The van der Waals surface area contributed by atoms with E-state index < -0.39 is 9.84 Å². The predicted octanol–water partition coefficient (Wildman–Crippen LogP) is 3.85. The van der Waals surface area contributed by atoms with Gasteiger partial charge in [-0.15, -0.1) is 0 Å². The van der Waals surface area contributed by atoms with Gasteiger partial charge in [0.05, 0.1) is 28.5 Å². The lowest BCUT2D eigenvalue weighted by Crippen LogP contribution is -2.37. The number of hydrogen-bond donors (Lipinski definition) is 0. The van der Waals surface area contributed by atoms with Gasteiger partial charge in [0.1, 0.15) is 0 Å². The van der Waals surface area contributed by atoms with Crippen LogP contribution in [0.2, 0.25) is 5.02 Å². The maximum atomic E-state index is 13.2. The van der Waals surface area contributed by atoms with Gasteiger partial charge in [0.2, 0.25) is 9.84 Å². The van der Waals surface area contributed by atoms with E-state index in [9.17, 15) is 8.42 Å². The number of nitrogens with zero attached hydrogens (tertiary/aromatic N) is 2. The molecule has 0 atom stereocenters. The zero-order valence-corrected chi connectivity index (χ0v) is 17.1. The van der Waals surface area contributed by atoms with Crippen LogP contribution in [0.4, 0.5) is 0 Å². The molecule has 2 aromatic carbocycles. The Morgan fingerprint density at radius 2 is 1.75 bits per heavy atom. The second-order valence-corrected chi connectivity index (χ2v) is 9.33. The molecule has 7 heteroatoms. The zero-order chi connectivity index (χ0) is 19.6. The predicted molar refractivity (Wildman–Crippen MR) is 111 cm³/mol. The van der Waals surface area contributed by atoms with Gasteiger partial charge >= 0.3 is 0 Å². The normalized spacial score (nSPS) is 15.9. The summed E-state index contributed by atoms with van der Waals surface area (Å²) in [5.41, 5.74) is 0.851. The van der Waals surface area contributed by atoms with Gasteiger partial charge < -0.3 is 9.30 Å². The SMILES string of the molecule is O=S(=O)(c1ccccc1)c1cn(CCCN2CCOCC2)c2cc(Cl)ccc12. The van der Waals surface area contributed by atoms with Crippen LogP contribution in [0.1, 0.15) is 6.42 Å². The summed E-state index contributed by atoms with van der Waals surface area (Å²) in [5.74, 6) is 0. The lowest BCUT2D eigenvalue weighted by Gasteiger charge is -2.26. The maximum absolute atomic E-state index is 13.2. The van der Waals surface area contributed by atoms with E-state index in [1.165, 1.54) is 0 Å². The van der Waals surface area contributed by atoms with Crippen molar-refractivity contribution in [1.29, 1.82) is 0 Å². The highest BCUT2D eigenvalue weighted by Gasteiger charge is 2.23. The summed E-state index contributed by atoms with van der Waals surface area (Å²) in [4.78, 5) is 3.01. The van der Waals surface area contributed by atoms with E-state index in [0.717, 1.165) is 51.3 Å². The summed E-state index contributed by atoms with van der Waals surface area (Å²) >= 11 is 6.20. The minimum atomic E-state index is -3.59. The fourth-order valence-electron chi connectivity index (χ4n) is 3.65. The molecule has 0 aliphatic carbocycles. The second kappa shape index (κ2) is 8.25. The van der Waals surface area contributed by atoms with Crippen LogP contribution >= 0.6 is 11.6 Å². The van der Waals surface area contributed by atoms with Crippen molar-refractivity contribution in [2.24, 2.45) is 0 Å². The number of halogens is 1. The number of aryl methyl sites for hydroxylation is 1. The van der Waals surface area contributed by atoms with Crippen molar-refractivity contribution < 1.29 is 13.2 Å². The van der Waals surface area contributed by atoms with Crippen molar-refractivity contribution in [3.05, 3.63) is 59.8 Å². The van der Waals surface area contributed by atoms with Crippen LogP contribution in [-0.2, 0) is 21.1 Å². The van der Waals surface area contributed by atoms with E-state index >= 15 is 0 Å². The van der Waals surface area contributed by atoms with Crippen molar-refractivity contribution in [1.82, 2.24) is 9.47 Å². The summed E-state index contributed by atoms with van der Waals surface area (Å²) in [5, 5.41) is 1.31. The van der Waals surface area contributed by atoms with Gasteiger partial charge in [-0.1, -0.05) is 35.9 Å². The van der Waals surface area contributed by atoms with Gasteiger partial charge in [0.15, 0.2) is 0 Å². The summed E-state index contributed by atoms with van der Waals surface area (Å²) in [6.45, 7) is 5.16. The van der Waals surface area contributed by atoms with Crippen molar-refractivity contribution in [3.8, 4) is 0 Å². The third kappa shape index (κ3) is 3.96. The van der Waals surface area contributed by atoms with Crippen LogP contribution in [0.5, 0.6) is 0 Å². The molecule has 1 aromatic heterocycles. The summed E-state index contributed by atoms with van der Waals surface area (Å²) < 4.78 is 33.8. The summed E-state index contributed by atoms with van der Waals surface area (Å²) in [7, 11) is -3.59. The molecule has 0 N–H and O–H groups in total. The van der Waals surface area contributed by atoms with Gasteiger partial charge in [-0.05, 0) is 30.7 Å². The Labute approximate surface area is 170 Å². The van der Waals surface area contributed by atoms with E-state index in [1.807, 2.05) is 16.7 Å². The first-order valence-electron chi connectivity index (χ1n) is 9.44. The third-order valence-corrected chi connectivity index (χ3v) is 7.16. The number of ether oxygens (including phenoxy) is 1. The number of sulfone groups is 1. The molecule has 0 unspecified atom stereocenters. The maximum Gasteiger partial charge on any atom is 0.208 e. The average Bonchev–Trinajstić information content (AvgIpc) is 3.08. The molecule has 1 fully saturated rings. The number of rotatable bonds is 6. The Hall–Kier alpha value is -1.86. The molecule has 4 rings (SSSR count). The standard InChI is InChI=1S/C21H23ClN2O3S/c22-17-7-8-19-20(15-17)24(10-4-9-23-11-13-27-14-12-23)16-21(19)28(25,26)18-5-2-1-3-6-18/h1-3,5-8,15-16H,4,9-14H2. The van der Waals surface area contributed by atoms with Crippen LogP contribution in [0.15, 0.2) is 64.5 Å². The van der Waals surface area contributed by atoms with E-state index in [-0.39, 0.29) is 0 Å². The molecule has 0 spiro atoms. The number of benzene rings is 2. The van der Waals surface area contributed by atoms with Crippen molar-refractivity contribution in [2.75, 3.05) is 32.8 Å². The minimum Gasteiger partial charge on any atom is -0.379 e. The molecule has 3 aromatic rings. The third-order valence-electron chi connectivity index (χ3n) is 5.13. The lowest BCUT2D eigenvalue weighted by atomic mass is 10.2. The Balaban J connectivity index is 1.65. The highest BCUT2D eigenvalue weighted by atomic mass is 35.5. The molecule has 1 aliphatic heterocycles. The van der Waals surface area contributed by atoms with E-state index in [0.29, 0.717) is 20.2 Å². The molecule has 5 nitrogen and oxygen atoms in total. The average molecular weight is 419 g/mol. The van der Waals surface area contributed by atoms with Crippen LogP contribution in [0.25, 0.3) is 10.9 Å². The first kappa shape index (κ1) is 19.5. The number of fused-ring (bicyclic) bond motifs is 1. The highest BCUT2D eigenvalue weighted by Crippen LogP contribution is 2.32. The highest BCUT2D eigenvalue weighted by molar-refractivity contribution is 7.91. The summed E-state index contributed by atoms with van der Waals surface area (Å²) in [6.07, 6.45) is 2.68. The van der Waals surface area contributed by atoms with E-state index in [1.54, 1.807) is 42.6 Å². The monoisotopic (exact) mass is 418 g/mol.